The molecule has 1 aliphatic heterocycles. The number of hydrogen-bond donors (Lipinski definition) is 1. The second kappa shape index (κ2) is 7.68. The molecule has 28 heavy (non-hydrogen) atoms. The summed E-state index contributed by atoms with van der Waals surface area (Å²) in [7, 11) is 0. The Labute approximate surface area is 163 Å². The molecule has 0 aliphatic carbocycles. The molecule has 1 N–H and O–H groups in total. The smallest absolute Gasteiger partial charge is 0.254 e. The van der Waals surface area contributed by atoms with E-state index >= 15 is 0 Å². The summed E-state index contributed by atoms with van der Waals surface area (Å²) in [5.41, 5.74) is 2.73. The van der Waals surface area contributed by atoms with Crippen LogP contribution in [0.2, 0.25) is 0 Å². The van der Waals surface area contributed by atoms with Crippen molar-refractivity contribution in [2.45, 2.75) is 25.8 Å². The second-order valence-corrected chi connectivity index (χ2v) is 6.91. The van der Waals surface area contributed by atoms with E-state index in [9.17, 15) is 9.59 Å². The van der Waals surface area contributed by atoms with Gasteiger partial charge in [0.1, 0.15) is 11.8 Å². The fourth-order valence-corrected chi connectivity index (χ4v) is 3.52. The highest BCUT2D eigenvalue weighted by Crippen LogP contribution is 2.24. The predicted octanol–water partition coefficient (Wildman–Crippen LogP) is 3.89. The molecule has 0 unspecified atom stereocenters. The molecule has 1 atom stereocenters. The van der Waals surface area contributed by atoms with Crippen molar-refractivity contribution in [2.75, 3.05) is 11.9 Å². The number of carbonyl (C=O) groups excluding carboxylic acids is 2. The van der Waals surface area contributed by atoms with Crippen LogP contribution >= 0.6 is 0 Å². The number of aromatic nitrogens is 1. The Hall–Kier alpha value is -3.41. The van der Waals surface area contributed by atoms with Gasteiger partial charge in [0.05, 0.1) is 0 Å². The third-order valence-electron chi connectivity index (χ3n) is 4.93. The van der Waals surface area contributed by atoms with Crippen molar-refractivity contribution in [3.8, 4) is 11.1 Å². The van der Waals surface area contributed by atoms with Gasteiger partial charge in [-0.15, -0.1) is 0 Å². The van der Waals surface area contributed by atoms with Crippen LogP contribution in [0.5, 0.6) is 0 Å². The van der Waals surface area contributed by atoms with Gasteiger partial charge in [0, 0.05) is 18.2 Å². The molecule has 2 aromatic carbocycles. The van der Waals surface area contributed by atoms with E-state index in [0.717, 1.165) is 17.5 Å². The first-order valence-corrected chi connectivity index (χ1v) is 9.32. The Morgan fingerprint density at radius 1 is 1.07 bits per heavy atom. The summed E-state index contributed by atoms with van der Waals surface area (Å²) in [4.78, 5) is 27.2. The summed E-state index contributed by atoms with van der Waals surface area (Å²) in [5.74, 6) is 0.621. The Kier molecular flexibility index (Phi) is 4.93. The number of nitrogens with one attached hydrogen (secondary N) is 1. The summed E-state index contributed by atoms with van der Waals surface area (Å²) in [6.07, 6.45) is 1.43. The van der Waals surface area contributed by atoms with Crippen LogP contribution in [0.1, 0.15) is 29.0 Å². The lowest BCUT2D eigenvalue weighted by Gasteiger charge is -2.23. The van der Waals surface area contributed by atoms with Crippen LogP contribution in [0.3, 0.4) is 0 Å². The Balaban J connectivity index is 1.48. The molecule has 1 saturated heterocycles. The van der Waals surface area contributed by atoms with Gasteiger partial charge in [0.2, 0.25) is 5.91 Å². The molecule has 2 heterocycles. The average Bonchev–Trinajstić information content (AvgIpc) is 3.37. The topological polar surface area (TPSA) is 75.4 Å². The number of aryl methyl sites for hydroxylation is 1. The number of benzene rings is 2. The van der Waals surface area contributed by atoms with Gasteiger partial charge in [0.15, 0.2) is 5.82 Å². The minimum Gasteiger partial charge on any atom is -0.360 e. The number of anilines is 1. The zero-order chi connectivity index (χ0) is 19.5. The molecule has 4 rings (SSSR count). The third-order valence-corrected chi connectivity index (χ3v) is 4.93. The lowest BCUT2D eigenvalue weighted by molar-refractivity contribution is -0.119. The quantitative estimate of drug-likeness (QED) is 0.751. The Bertz CT molecular complexity index is 980. The molecule has 2 amide bonds. The van der Waals surface area contributed by atoms with Gasteiger partial charge >= 0.3 is 0 Å². The molecule has 0 saturated carbocycles. The predicted molar refractivity (Wildman–Crippen MR) is 106 cm³/mol. The van der Waals surface area contributed by atoms with Crippen LogP contribution in [0.25, 0.3) is 11.1 Å². The van der Waals surface area contributed by atoms with Crippen LogP contribution < -0.4 is 5.32 Å². The van der Waals surface area contributed by atoms with Crippen molar-refractivity contribution in [3.05, 3.63) is 72.0 Å². The standard InChI is InChI=1S/C22H21N3O3/c1-15-14-20(24-28-15)23-21(26)19-8-5-13-25(19)22(27)18-11-9-17(10-12-18)16-6-3-2-4-7-16/h2-4,6-7,9-12,14,19H,5,8,13H2,1H3,(H,23,24,26)/t19-/m0/s1. The normalized spacial score (nSPS) is 16.2. The monoisotopic (exact) mass is 375 g/mol. The molecule has 3 aromatic rings. The van der Waals surface area contributed by atoms with Crippen LogP contribution in [0, 0.1) is 6.92 Å². The van der Waals surface area contributed by atoms with Crippen molar-refractivity contribution in [3.63, 3.8) is 0 Å². The minimum atomic E-state index is -0.502. The van der Waals surface area contributed by atoms with Gasteiger partial charge in [-0.3, -0.25) is 9.59 Å². The minimum absolute atomic E-state index is 0.131. The van der Waals surface area contributed by atoms with Crippen molar-refractivity contribution in [2.24, 2.45) is 0 Å². The van der Waals surface area contributed by atoms with Crippen LogP contribution in [0.4, 0.5) is 5.82 Å². The van der Waals surface area contributed by atoms with Crippen LogP contribution in [0.15, 0.2) is 65.2 Å². The maximum Gasteiger partial charge on any atom is 0.254 e. The molecule has 0 spiro atoms. The van der Waals surface area contributed by atoms with E-state index in [4.69, 9.17) is 4.52 Å². The summed E-state index contributed by atoms with van der Waals surface area (Å²) in [5, 5.41) is 6.52. The summed E-state index contributed by atoms with van der Waals surface area (Å²) >= 11 is 0. The number of carbonyl (C=O) groups is 2. The van der Waals surface area contributed by atoms with Crippen molar-refractivity contribution >= 4 is 17.6 Å². The van der Waals surface area contributed by atoms with E-state index < -0.39 is 6.04 Å². The maximum atomic E-state index is 13.0. The molecule has 1 fully saturated rings. The SMILES string of the molecule is Cc1cc(NC(=O)[C@@H]2CCCN2C(=O)c2ccc(-c3ccccc3)cc2)no1. The molecule has 1 aliphatic rings. The molecule has 6 heteroatoms. The number of likely N-dealkylation sites (tertiary alicyclic amines) is 1. The first-order chi connectivity index (χ1) is 13.6. The van der Waals surface area contributed by atoms with E-state index in [2.05, 4.69) is 10.5 Å². The van der Waals surface area contributed by atoms with E-state index in [0.29, 0.717) is 30.1 Å². The first kappa shape index (κ1) is 18.0. The fraction of sp³-hybridized carbons (Fsp3) is 0.227. The zero-order valence-electron chi connectivity index (χ0n) is 15.6. The largest absolute Gasteiger partial charge is 0.360 e. The van der Waals surface area contributed by atoms with Gasteiger partial charge in [-0.25, -0.2) is 0 Å². The van der Waals surface area contributed by atoms with Crippen molar-refractivity contribution in [1.29, 1.82) is 0 Å². The summed E-state index contributed by atoms with van der Waals surface area (Å²) in [6, 6.07) is 18.7. The molecule has 1 aromatic heterocycles. The maximum absolute atomic E-state index is 13.0. The van der Waals surface area contributed by atoms with Gasteiger partial charge in [-0.2, -0.15) is 0 Å². The Morgan fingerprint density at radius 3 is 2.46 bits per heavy atom. The highest BCUT2D eigenvalue weighted by Gasteiger charge is 2.34. The van der Waals surface area contributed by atoms with E-state index in [1.54, 1.807) is 17.9 Å². The van der Waals surface area contributed by atoms with E-state index in [1.807, 2.05) is 54.6 Å². The lowest BCUT2D eigenvalue weighted by Crippen LogP contribution is -2.43. The van der Waals surface area contributed by atoms with Crippen LogP contribution in [-0.2, 0) is 4.79 Å². The fourth-order valence-electron chi connectivity index (χ4n) is 3.52. The van der Waals surface area contributed by atoms with Gasteiger partial charge in [0.25, 0.3) is 5.91 Å². The van der Waals surface area contributed by atoms with E-state index in [-0.39, 0.29) is 11.8 Å². The third kappa shape index (κ3) is 3.67. The molecule has 6 nitrogen and oxygen atoms in total. The number of rotatable bonds is 4. The lowest BCUT2D eigenvalue weighted by atomic mass is 10.0. The Morgan fingerprint density at radius 2 is 1.79 bits per heavy atom. The summed E-state index contributed by atoms with van der Waals surface area (Å²) in [6.45, 7) is 2.32. The molecular weight excluding hydrogens is 354 g/mol. The number of hydrogen-bond acceptors (Lipinski definition) is 4. The average molecular weight is 375 g/mol. The van der Waals surface area contributed by atoms with Crippen molar-refractivity contribution in [1.82, 2.24) is 10.1 Å². The van der Waals surface area contributed by atoms with Gasteiger partial charge < -0.3 is 14.7 Å². The highest BCUT2D eigenvalue weighted by molar-refractivity contribution is 6.01. The van der Waals surface area contributed by atoms with Crippen LogP contribution in [-0.4, -0.2) is 34.5 Å². The molecular formula is C22H21N3O3. The molecule has 0 bridgehead atoms. The second-order valence-electron chi connectivity index (χ2n) is 6.91. The molecule has 142 valence electrons. The number of nitrogens with zero attached hydrogens (tertiary/aromatic N) is 2. The summed E-state index contributed by atoms with van der Waals surface area (Å²) < 4.78 is 4.97. The molecule has 0 radical (unpaired) electrons. The zero-order valence-corrected chi connectivity index (χ0v) is 15.6. The van der Waals surface area contributed by atoms with Gasteiger partial charge in [-0.05, 0) is 43.0 Å². The number of amides is 2. The highest BCUT2D eigenvalue weighted by atomic mass is 16.5. The van der Waals surface area contributed by atoms with Crippen molar-refractivity contribution < 1.29 is 14.1 Å². The van der Waals surface area contributed by atoms with E-state index in [1.165, 1.54) is 0 Å². The van der Waals surface area contributed by atoms with Gasteiger partial charge in [-0.1, -0.05) is 47.6 Å². The first-order valence-electron chi connectivity index (χ1n) is 9.32.